The number of nitrogens with zero attached hydrogens (tertiary/aromatic N) is 2. The first-order valence-corrected chi connectivity index (χ1v) is 10.3. The monoisotopic (exact) mass is 408 g/mol. The van der Waals surface area contributed by atoms with Crippen LogP contribution in [0.15, 0.2) is 34.5 Å². The van der Waals surface area contributed by atoms with E-state index in [1.54, 1.807) is 28.4 Å². The molecule has 0 spiro atoms. The van der Waals surface area contributed by atoms with Crippen molar-refractivity contribution in [1.29, 1.82) is 0 Å². The van der Waals surface area contributed by atoms with Crippen molar-refractivity contribution >= 4 is 11.4 Å². The zero-order valence-corrected chi connectivity index (χ0v) is 18.1. The lowest BCUT2D eigenvalue weighted by molar-refractivity contribution is 0.354. The summed E-state index contributed by atoms with van der Waals surface area (Å²) in [4.78, 5) is 0. The number of benzene rings is 2. The molecule has 2 aromatic carbocycles. The summed E-state index contributed by atoms with van der Waals surface area (Å²) in [5, 5.41) is 9.42. The lowest BCUT2D eigenvalue weighted by atomic mass is 9.89. The van der Waals surface area contributed by atoms with Gasteiger partial charge in [-0.15, -0.1) is 0 Å². The topological polar surface area (TPSA) is 61.6 Å². The van der Waals surface area contributed by atoms with Gasteiger partial charge in [-0.05, 0) is 73.9 Å². The van der Waals surface area contributed by atoms with Crippen molar-refractivity contribution in [2.45, 2.75) is 38.5 Å². The number of rotatable bonds is 5. The average Bonchev–Trinajstić information content (AvgIpc) is 2.80. The average molecular weight is 408 g/mol. The number of ether oxygens (including phenoxy) is 4. The van der Waals surface area contributed by atoms with Crippen molar-refractivity contribution in [2.24, 2.45) is 10.2 Å². The second-order valence-corrected chi connectivity index (χ2v) is 7.53. The number of hydrogen-bond donors (Lipinski definition) is 0. The Morgan fingerprint density at radius 1 is 0.533 bits per heavy atom. The molecule has 0 saturated heterocycles. The third-order valence-electron chi connectivity index (χ3n) is 5.85. The van der Waals surface area contributed by atoms with E-state index >= 15 is 0 Å². The molecule has 0 aromatic heterocycles. The van der Waals surface area contributed by atoms with Gasteiger partial charge in [-0.2, -0.15) is 10.2 Å². The Morgan fingerprint density at radius 3 is 1.27 bits per heavy atom. The molecule has 2 aliphatic carbocycles. The Balaban J connectivity index is 1.73. The van der Waals surface area contributed by atoms with E-state index in [-0.39, 0.29) is 0 Å². The molecule has 0 bridgehead atoms. The van der Waals surface area contributed by atoms with Crippen LogP contribution in [-0.4, -0.2) is 39.9 Å². The smallest absolute Gasteiger partial charge is 0.161 e. The molecule has 0 amide bonds. The van der Waals surface area contributed by atoms with Gasteiger partial charge >= 0.3 is 0 Å². The van der Waals surface area contributed by atoms with Gasteiger partial charge in [0.2, 0.25) is 0 Å². The number of methoxy groups -OCH3 is 4. The number of hydrogen-bond acceptors (Lipinski definition) is 6. The molecular formula is C24H28N2O4. The predicted octanol–water partition coefficient (Wildman–Crippen LogP) is 4.59. The second-order valence-electron chi connectivity index (χ2n) is 7.53. The highest BCUT2D eigenvalue weighted by molar-refractivity contribution is 6.06. The molecule has 2 aliphatic rings. The van der Waals surface area contributed by atoms with Crippen LogP contribution in [0.2, 0.25) is 0 Å². The normalized spacial score (nSPS) is 18.0. The van der Waals surface area contributed by atoms with E-state index in [1.165, 1.54) is 11.1 Å². The van der Waals surface area contributed by atoms with Crippen molar-refractivity contribution in [3.8, 4) is 23.0 Å². The van der Waals surface area contributed by atoms with Crippen LogP contribution in [0.5, 0.6) is 23.0 Å². The Kier molecular flexibility index (Phi) is 5.93. The Bertz CT molecular complexity index is 929. The van der Waals surface area contributed by atoms with E-state index in [9.17, 15) is 0 Å². The minimum atomic E-state index is 0.721. The molecule has 0 aliphatic heterocycles. The lowest BCUT2D eigenvalue weighted by Crippen LogP contribution is -2.14. The van der Waals surface area contributed by atoms with Crippen LogP contribution in [-0.2, 0) is 12.8 Å². The van der Waals surface area contributed by atoms with E-state index in [0.29, 0.717) is 0 Å². The van der Waals surface area contributed by atoms with Crippen LogP contribution in [0.1, 0.15) is 47.9 Å². The molecule has 2 aromatic rings. The van der Waals surface area contributed by atoms with E-state index < -0.39 is 0 Å². The summed E-state index contributed by atoms with van der Waals surface area (Å²) in [5.74, 6) is 2.95. The summed E-state index contributed by atoms with van der Waals surface area (Å²) in [5.41, 5.74) is 6.66. The molecule has 0 heterocycles. The maximum Gasteiger partial charge on any atom is 0.161 e. The third-order valence-corrected chi connectivity index (χ3v) is 5.85. The zero-order chi connectivity index (χ0) is 21.1. The molecule has 0 atom stereocenters. The second kappa shape index (κ2) is 8.78. The number of aryl methyl sites for hydroxylation is 2. The molecular weight excluding hydrogens is 380 g/mol. The molecule has 6 heteroatoms. The van der Waals surface area contributed by atoms with Crippen LogP contribution < -0.4 is 18.9 Å². The minimum absolute atomic E-state index is 0.721. The standard InChI is InChI=1S/C24H28N2O4/c1-27-21-11-15-7-5-9-19(17(15)13-23(21)29-3)25-26-20-10-6-8-16-12-22(28-2)24(30-4)14-18(16)20/h11-14H,5-10H2,1-4H3/b25-19-,26-20+. The van der Waals surface area contributed by atoms with Crippen LogP contribution in [0.4, 0.5) is 0 Å². The summed E-state index contributed by atoms with van der Waals surface area (Å²) in [6.45, 7) is 0. The van der Waals surface area contributed by atoms with E-state index in [0.717, 1.165) is 84.1 Å². The molecule has 6 nitrogen and oxygen atoms in total. The summed E-state index contributed by atoms with van der Waals surface area (Å²) in [6.07, 6.45) is 5.91. The fourth-order valence-corrected chi connectivity index (χ4v) is 4.28. The summed E-state index contributed by atoms with van der Waals surface area (Å²) in [7, 11) is 6.64. The minimum Gasteiger partial charge on any atom is -0.493 e. The first kappa shape index (κ1) is 20.3. The Hall–Kier alpha value is -3.02. The summed E-state index contributed by atoms with van der Waals surface area (Å²) in [6, 6.07) is 8.16. The van der Waals surface area contributed by atoms with Gasteiger partial charge in [0.1, 0.15) is 0 Å². The van der Waals surface area contributed by atoms with Crippen molar-refractivity contribution in [1.82, 2.24) is 0 Å². The molecule has 4 rings (SSSR count). The molecule has 0 radical (unpaired) electrons. The maximum atomic E-state index is 5.50. The van der Waals surface area contributed by atoms with Crippen LogP contribution in [0.3, 0.4) is 0 Å². The van der Waals surface area contributed by atoms with Crippen molar-refractivity contribution in [3.05, 3.63) is 46.5 Å². The first-order valence-electron chi connectivity index (χ1n) is 10.3. The molecule has 0 fully saturated rings. The third kappa shape index (κ3) is 3.74. The van der Waals surface area contributed by atoms with Gasteiger partial charge in [0, 0.05) is 11.1 Å². The number of fused-ring (bicyclic) bond motifs is 2. The van der Waals surface area contributed by atoms with E-state index in [4.69, 9.17) is 29.2 Å². The molecule has 0 saturated carbocycles. The fourth-order valence-electron chi connectivity index (χ4n) is 4.28. The van der Waals surface area contributed by atoms with E-state index in [2.05, 4.69) is 12.1 Å². The first-order chi connectivity index (χ1) is 14.7. The van der Waals surface area contributed by atoms with Crippen molar-refractivity contribution < 1.29 is 18.9 Å². The van der Waals surface area contributed by atoms with Gasteiger partial charge in [-0.25, -0.2) is 0 Å². The van der Waals surface area contributed by atoms with Gasteiger partial charge < -0.3 is 18.9 Å². The maximum absolute atomic E-state index is 5.50. The quantitative estimate of drug-likeness (QED) is 0.679. The van der Waals surface area contributed by atoms with Crippen molar-refractivity contribution in [2.75, 3.05) is 28.4 Å². The van der Waals surface area contributed by atoms with Gasteiger partial charge in [-0.1, -0.05) is 0 Å². The predicted molar refractivity (Wildman–Crippen MR) is 118 cm³/mol. The fraction of sp³-hybridized carbons (Fsp3) is 0.417. The van der Waals surface area contributed by atoms with Crippen LogP contribution >= 0.6 is 0 Å². The van der Waals surface area contributed by atoms with E-state index in [1.807, 2.05) is 12.1 Å². The molecule has 158 valence electrons. The zero-order valence-electron chi connectivity index (χ0n) is 18.1. The van der Waals surface area contributed by atoms with Gasteiger partial charge in [0.05, 0.1) is 39.9 Å². The Morgan fingerprint density at radius 2 is 0.900 bits per heavy atom. The highest BCUT2D eigenvalue weighted by atomic mass is 16.5. The summed E-state index contributed by atoms with van der Waals surface area (Å²) >= 11 is 0. The van der Waals surface area contributed by atoms with Gasteiger partial charge in [-0.3, -0.25) is 0 Å². The lowest BCUT2D eigenvalue weighted by Gasteiger charge is -2.21. The molecule has 30 heavy (non-hydrogen) atoms. The largest absolute Gasteiger partial charge is 0.493 e. The van der Waals surface area contributed by atoms with Gasteiger partial charge in [0.15, 0.2) is 23.0 Å². The highest BCUT2D eigenvalue weighted by Crippen LogP contribution is 2.36. The molecule has 0 unspecified atom stereocenters. The summed E-state index contributed by atoms with van der Waals surface area (Å²) < 4.78 is 21.9. The van der Waals surface area contributed by atoms with Crippen molar-refractivity contribution in [3.63, 3.8) is 0 Å². The van der Waals surface area contributed by atoms with Crippen LogP contribution in [0.25, 0.3) is 0 Å². The Labute approximate surface area is 177 Å². The SMILES string of the molecule is COc1cc2c(cc1OC)/C(=N\N=C1/CCCc3cc(OC)c(OC)cc31)CCC2. The highest BCUT2D eigenvalue weighted by Gasteiger charge is 2.22. The van der Waals surface area contributed by atoms with Gasteiger partial charge in [0.25, 0.3) is 0 Å². The molecule has 0 N–H and O–H groups in total. The van der Waals surface area contributed by atoms with Crippen LogP contribution in [0, 0.1) is 0 Å².